The van der Waals surface area contributed by atoms with Crippen LogP contribution in [0.25, 0.3) is 0 Å². The zero-order valence-corrected chi connectivity index (χ0v) is 3.90. The van der Waals surface area contributed by atoms with Gasteiger partial charge in [-0.25, -0.2) is 4.98 Å². The van der Waals surface area contributed by atoms with Crippen molar-refractivity contribution in [2.75, 3.05) is 0 Å². The summed E-state index contributed by atoms with van der Waals surface area (Å²) < 4.78 is 0. The molecule has 1 rings (SSSR count). The minimum absolute atomic E-state index is 0.611. The first-order valence-corrected chi connectivity index (χ1v) is 2.47. The molecule has 0 N–H and O–H groups in total. The van der Waals surface area contributed by atoms with Gasteiger partial charge in [-0.1, -0.05) is 0 Å². The molecule has 0 aromatic carbocycles. The number of hydrogen-bond acceptors (Lipinski definition) is 2. The van der Waals surface area contributed by atoms with Gasteiger partial charge in [0.25, 0.3) is 0 Å². The highest BCUT2D eigenvalue weighted by molar-refractivity contribution is 7.07. The van der Waals surface area contributed by atoms with E-state index >= 15 is 0 Å². The topological polar surface area (TPSA) is 12.9 Å². The average molecular weight is 97.1 g/mol. The van der Waals surface area contributed by atoms with Gasteiger partial charge in [0.1, 0.15) is 0 Å². The first kappa shape index (κ1) is 3.81. The van der Waals surface area contributed by atoms with Crippen LogP contribution in [0, 0.1) is 6.92 Å². The van der Waals surface area contributed by atoms with E-state index in [4.69, 9.17) is 6.92 Å². The maximum Gasteiger partial charge on any atom is 0.0794 e. The summed E-state index contributed by atoms with van der Waals surface area (Å²) in [5, 5.41) is 1.79. The van der Waals surface area contributed by atoms with Crippen LogP contribution in [0.5, 0.6) is 0 Å². The van der Waals surface area contributed by atoms with E-state index in [0.717, 1.165) is 0 Å². The molecule has 30 valence electrons. The van der Waals surface area contributed by atoms with E-state index in [1.165, 1.54) is 11.3 Å². The Labute approximate surface area is 40.7 Å². The number of aromatic nitrogens is 1. The molecule has 0 amide bonds. The van der Waals surface area contributed by atoms with Crippen LogP contribution in [0.15, 0.2) is 10.9 Å². The van der Waals surface area contributed by atoms with Gasteiger partial charge in [0, 0.05) is 12.3 Å². The van der Waals surface area contributed by atoms with Crippen molar-refractivity contribution in [3.63, 3.8) is 0 Å². The summed E-state index contributed by atoms with van der Waals surface area (Å²) in [4.78, 5) is 3.71. The Balaban J connectivity index is 3.05. The van der Waals surface area contributed by atoms with Gasteiger partial charge in [-0.15, -0.1) is 11.3 Å². The summed E-state index contributed by atoms with van der Waals surface area (Å²) in [5.74, 6) is 0. The van der Waals surface area contributed by atoms with Crippen LogP contribution in [0.3, 0.4) is 0 Å². The second kappa shape index (κ2) is 1.39. The van der Waals surface area contributed by atoms with Crippen molar-refractivity contribution >= 4 is 11.3 Å². The van der Waals surface area contributed by atoms with E-state index in [0.29, 0.717) is 5.69 Å². The summed E-state index contributed by atoms with van der Waals surface area (Å²) in [5.41, 5.74) is 2.31. The molecular formula is C4H3NS. The minimum Gasteiger partial charge on any atom is -0.249 e. The predicted octanol–water partition coefficient (Wildman–Crippen LogP) is 1.20. The molecule has 1 aromatic heterocycles. The third-order valence-corrected chi connectivity index (χ3v) is 1.06. The van der Waals surface area contributed by atoms with Gasteiger partial charge in [0.2, 0.25) is 0 Å². The zero-order valence-electron chi connectivity index (χ0n) is 3.09. The van der Waals surface area contributed by atoms with Gasteiger partial charge in [-0.3, -0.25) is 0 Å². The van der Waals surface area contributed by atoms with Crippen molar-refractivity contribution in [1.29, 1.82) is 0 Å². The first-order valence-electron chi connectivity index (χ1n) is 1.53. The molecule has 1 nitrogen and oxygen atoms in total. The normalized spacial score (nSPS) is 8.83. The molecule has 0 saturated heterocycles. The van der Waals surface area contributed by atoms with E-state index in [1.54, 1.807) is 10.9 Å². The molecule has 1 aromatic rings. The molecular weight excluding hydrogens is 94.1 g/mol. The molecule has 0 aliphatic carbocycles. The van der Waals surface area contributed by atoms with E-state index < -0.39 is 0 Å². The summed E-state index contributed by atoms with van der Waals surface area (Å²) >= 11 is 1.50. The molecule has 0 fully saturated rings. The van der Waals surface area contributed by atoms with Gasteiger partial charge >= 0.3 is 0 Å². The number of rotatable bonds is 0. The van der Waals surface area contributed by atoms with Crippen molar-refractivity contribution in [1.82, 2.24) is 4.98 Å². The summed E-state index contributed by atoms with van der Waals surface area (Å²) in [7, 11) is 0. The van der Waals surface area contributed by atoms with Crippen molar-refractivity contribution in [3.05, 3.63) is 23.5 Å². The van der Waals surface area contributed by atoms with Crippen LogP contribution in [0.2, 0.25) is 0 Å². The van der Waals surface area contributed by atoms with Crippen LogP contribution in [-0.4, -0.2) is 4.98 Å². The number of nitrogens with zero attached hydrogens (tertiary/aromatic N) is 1. The van der Waals surface area contributed by atoms with E-state index in [2.05, 4.69) is 4.98 Å². The molecule has 6 heavy (non-hydrogen) atoms. The van der Waals surface area contributed by atoms with Crippen LogP contribution in [0.1, 0.15) is 5.69 Å². The smallest absolute Gasteiger partial charge is 0.0794 e. The minimum atomic E-state index is 0.611. The van der Waals surface area contributed by atoms with E-state index in [-0.39, 0.29) is 0 Å². The Morgan fingerprint density at radius 3 is 2.83 bits per heavy atom. The molecule has 0 spiro atoms. The lowest BCUT2D eigenvalue weighted by Crippen LogP contribution is -1.59. The molecule has 0 unspecified atom stereocenters. The average Bonchev–Trinajstić information content (AvgIpc) is 1.86. The van der Waals surface area contributed by atoms with Crippen LogP contribution in [0.4, 0.5) is 0 Å². The third kappa shape index (κ3) is 0.571. The highest BCUT2D eigenvalue weighted by Crippen LogP contribution is 1.95. The van der Waals surface area contributed by atoms with Gasteiger partial charge in [0.15, 0.2) is 0 Å². The quantitative estimate of drug-likeness (QED) is 0.474. The SMILES string of the molecule is [CH]c1cscn1. The Kier molecular flexibility index (Phi) is 0.881. The van der Waals surface area contributed by atoms with Crippen LogP contribution < -0.4 is 0 Å². The van der Waals surface area contributed by atoms with E-state index in [1.807, 2.05) is 0 Å². The number of hydrogen-bond donors (Lipinski definition) is 0. The number of thiazole rings is 1. The Bertz CT molecular complexity index is 111. The highest BCUT2D eigenvalue weighted by atomic mass is 32.1. The molecule has 2 radical (unpaired) electrons. The van der Waals surface area contributed by atoms with Gasteiger partial charge in [-0.05, 0) is 0 Å². The highest BCUT2D eigenvalue weighted by Gasteiger charge is 1.76. The van der Waals surface area contributed by atoms with Gasteiger partial charge in [0.05, 0.1) is 11.2 Å². The Morgan fingerprint density at radius 2 is 2.67 bits per heavy atom. The first-order chi connectivity index (χ1) is 2.89. The summed E-state index contributed by atoms with van der Waals surface area (Å²) in [6.07, 6.45) is 0. The fraction of sp³-hybridized carbons (Fsp3) is 0. The monoisotopic (exact) mass is 97.0 g/mol. The third-order valence-electron chi connectivity index (χ3n) is 0.451. The van der Waals surface area contributed by atoms with Crippen molar-refractivity contribution in [2.45, 2.75) is 0 Å². The van der Waals surface area contributed by atoms with Gasteiger partial charge < -0.3 is 0 Å². The fourth-order valence-corrected chi connectivity index (χ4v) is 0.666. The molecule has 0 aliphatic rings. The second-order valence-electron chi connectivity index (χ2n) is 0.913. The molecule has 0 aliphatic heterocycles. The van der Waals surface area contributed by atoms with Crippen molar-refractivity contribution < 1.29 is 0 Å². The molecule has 0 atom stereocenters. The molecule has 0 bridgehead atoms. The molecule has 1 heterocycles. The van der Waals surface area contributed by atoms with Crippen LogP contribution in [-0.2, 0) is 0 Å². The predicted molar refractivity (Wildman–Crippen MR) is 25.5 cm³/mol. The molecule has 0 saturated carbocycles. The zero-order chi connectivity index (χ0) is 4.41. The second-order valence-corrected chi connectivity index (χ2v) is 1.63. The maximum absolute atomic E-state index is 5.18. The van der Waals surface area contributed by atoms with Crippen molar-refractivity contribution in [3.8, 4) is 0 Å². The largest absolute Gasteiger partial charge is 0.249 e. The van der Waals surface area contributed by atoms with Crippen molar-refractivity contribution in [2.24, 2.45) is 0 Å². The lowest BCUT2D eigenvalue weighted by molar-refractivity contribution is 1.35. The lowest BCUT2D eigenvalue weighted by Gasteiger charge is -1.63. The fourth-order valence-electron chi connectivity index (χ4n) is 0.222. The van der Waals surface area contributed by atoms with E-state index in [9.17, 15) is 0 Å². The lowest BCUT2D eigenvalue weighted by atomic mass is 10.6. The Morgan fingerprint density at radius 1 is 1.83 bits per heavy atom. The van der Waals surface area contributed by atoms with Gasteiger partial charge in [-0.2, -0.15) is 0 Å². The van der Waals surface area contributed by atoms with Crippen LogP contribution >= 0.6 is 11.3 Å². The maximum atomic E-state index is 5.18. The molecule has 2 heteroatoms. The summed E-state index contributed by atoms with van der Waals surface area (Å²) in [6.45, 7) is 5.18. The standard InChI is InChI=1S/C4H3NS/c1-4-2-6-3-5-4/h1-3H. The summed E-state index contributed by atoms with van der Waals surface area (Å²) in [6, 6.07) is 0. The Hall–Kier alpha value is -0.370.